The van der Waals surface area contributed by atoms with E-state index in [1.54, 1.807) is 61.0 Å². The minimum atomic E-state index is -0.440. The first-order valence-corrected chi connectivity index (χ1v) is 10.3. The molecule has 0 unspecified atom stereocenters. The number of amides is 2. The van der Waals surface area contributed by atoms with Crippen LogP contribution in [0.25, 0.3) is 0 Å². The maximum absolute atomic E-state index is 12.3. The van der Waals surface area contributed by atoms with Gasteiger partial charge < -0.3 is 10.1 Å². The molecule has 3 aromatic rings. The molecule has 0 atom stereocenters. The second-order valence-corrected chi connectivity index (χ2v) is 7.46. The largest absolute Gasteiger partial charge is 0.496 e. The molecule has 11 nitrogen and oxygen atoms in total. The second-order valence-electron chi connectivity index (χ2n) is 7.46. The van der Waals surface area contributed by atoms with Crippen molar-refractivity contribution in [3.8, 4) is 5.75 Å². The first kappa shape index (κ1) is 24.1. The van der Waals surface area contributed by atoms with Gasteiger partial charge in [-0.3, -0.25) is 24.4 Å². The molecule has 176 valence electrons. The molecule has 2 N–H and O–H groups in total. The highest BCUT2D eigenvalue weighted by Crippen LogP contribution is 2.25. The molecule has 11 heteroatoms. The topological polar surface area (TPSA) is 141 Å². The van der Waals surface area contributed by atoms with Crippen molar-refractivity contribution in [1.29, 1.82) is 0 Å². The van der Waals surface area contributed by atoms with E-state index in [9.17, 15) is 19.7 Å². The Balaban J connectivity index is 1.73. The third kappa shape index (κ3) is 5.63. The van der Waals surface area contributed by atoms with Crippen molar-refractivity contribution in [1.82, 2.24) is 15.2 Å². The molecule has 0 radical (unpaired) electrons. The molecule has 0 aliphatic carbocycles. The number of methoxy groups -OCH3 is 1. The summed E-state index contributed by atoms with van der Waals surface area (Å²) >= 11 is 0. The van der Waals surface area contributed by atoms with Gasteiger partial charge in [-0.25, -0.2) is 5.43 Å². The number of hydrogen-bond donors (Lipinski definition) is 2. The summed E-state index contributed by atoms with van der Waals surface area (Å²) in [4.78, 5) is 34.2. The Morgan fingerprint density at radius 2 is 1.91 bits per heavy atom. The summed E-state index contributed by atoms with van der Waals surface area (Å²) in [6.45, 7) is 4.91. The van der Waals surface area contributed by atoms with E-state index in [-0.39, 0.29) is 18.1 Å². The molecule has 0 aliphatic heterocycles. The Labute approximate surface area is 195 Å². The highest BCUT2D eigenvalue weighted by Gasteiger charge is 2.22. The number of nitrogens with zero attached hydrogens (tertiary/aromatic N) is 4. The number of nitro groups is 1. The monoisotopic (exact) mass is 464 g/mol. The van der Waals surface area contributed by atoms with Crippen LogP contribution in [0.1, 0.15) is 39.8 Å². The molecule has 0 spiro atoms. The van der Waals surface area contributed by atoms with Crippen molar-refractivity contribution in [2.24, 2.45) is 5.10 Å². The number of benzene rings is 2. The molecule has 2 amide bonds. The zero-order valence-electron chi connectivity index (χ0n) is 19.2. The minimum Gasteiger partial charge on any atom is -0.496 e. The lowest BCUT2D eigenvalue weighted by atomic mass is 10.1. The number of aryl methyl sites for hydroxylation is 1. The van der Waals surface area contributed by atoms with Crippen LogP contribution in [0.15, 0.2) is 47.6 Å². The van der Waals surface area contributed by atoms with Crippen LogP contribution in [0.2, 0.25) is 0 Å². The SMILES string of the molecule is COc1ccc(/C=N\NC(=O)c2ccc(NC(C)=O)cc2)cc1Cn1nc(C)c([N+](=O)[O-])c1C. The fraction of sp³-hybridized carbons (Fsp3) is 0.217. The van der Waals surface area contributed by atoms with E-state index in [0.717, 1.165) is 5.56 Å². The van der Waals surface area contributed by atoms with Crippen LogP contribution < -0.4 is 15.5 Å². The van der Waals surface area contributed by atoms with Crippen LogP contribution >= 0.6 is 0 Å². The first-order valence-electron chi connectivity index (χ1n) is 10.3. The standard InChI is InChI=1S/C23H24N6O5/c1-14-22(29(32)33)15(2)28(27-14)13-19-11-17(5-10-21(19)34-4)12-24-26-23(31)18-6-8-20(9-7-18)25-16(3)30/h5-12H,13H2,1-4H3,(H,25,30)(H,26,31)/b24-12-. The minimum absolute atomic E-state index is 0.00972. The number of nitrogens with one attached hydrogen (secondary N) is 2. The third-order valence-corrected chi connectivity index (χ3v) is 5.00. The zero-order valence-corrected chi connectivity index (χ0v) is 19.2. The van der Waals surface area contributed by atoms with Crippen molar-refractivity contribution in [3.05, 3.63) is 80.7 Å². The van der Waals surface area contributed by atoms with E-state index in [0.29, 0.717) is 34.0 Å². The zero-order chi connectivity index (χ0) is 24.8. The quantitative estimate of drug-likeness (QED) is 0.298. The summed E-state index contributed by atoms with van der Waals surface area (Å²) < 4.78 is 6.97. The fourth-order valence-corrected chi connectivity index (χ4v) is 3.41. The van der Waals surface area contributed by atoms with Crippen molar-refractivity contribution in [2.75, 3.05) is 12.4 Å². The lowest BCUT2D eigenvalue weighted by Gasteiger charge is -2.10. The van der Waals surface area contributed by atoms with Crippen LogP contribution in [0, 0.1) is 24.0 Å². The normalized spacial score (nSPS) is 10.8. The Bertz CT molecular complexity index is 1260. The number of ether oxygens (including phenoxy) is 1. The average Bonchev–Trinajstić information content (AvgIpc) is 3.06. The molecule has 2 aromatic carbocycles. The van der Waals surface area contributed by atoms with Crippen LogP contribution in [0.3, 0.4) is 0 Å². The van der Waals surface area contributed by atoms with Crippen molar-refractivity contribution < 1.29 is 19.2 Å². The van der Waals surface area contributed by atoms with Crippen molar-refractivity contribution in [3.63, 3.8) is 0 Å². The fourth-order valence-electron chi connectivity index (χ4n) is 3.41. The Hall–Kier alpha value is -4.54. The molecule has 0 saturated heterocycles. The maximum Gasteiger partial charge on any atom is 0.312 e. The van der Waals surface area contributed by atoms with Crippen molar-refractivity contribution in [2.45, 2.75) is 27.3 Å². The summed E-state index contributed by atoms with van der Waals surface area (Å²) in [7, 11) is 1.54. The molecule has 3 rings (SSSR count). The van der Waals surface area contributed by atoms with Gasteiger partial charge in [0.05, 0.1) is 24.8 Å². The van der Waals surface area contributed by atoms with E-state index < -0.39 is 10.8 Å². The van der Waals surface area contributed by atoms with Gasteiger partial charge >= 0.3 is 5.69 Å². The smallest absolute Gasteiger partial charge is 0.312 e. The number of anilines is 1. The van der Waals surface area contributed by atoms with E-state index in [4.69, 9.17) is 4.74 Å². The molecule has 0 saturated carbocycles. The van der Waals surface area contributed by atoms with Gasteiger partial charge in [-0.05, 0) is 61.9 Å². The summed E-state index contributed by atoms with van der Waals surface area (Å²) in [6, 6.07) is 11.7. The first-order chi connectivity index (χ1) is 16.2. The summed E-state index contributed by atoms with van der Waals surface area (Å²) in [5.74, 6) is -0.0123. The Morgan fingerprint density at radius 3 is 2.50 bits per heavy atom. The van der Waals surface area contributed by atoms with Gasteiger partial charge in [0.1, 0.15) is 17.1 Å². The Morgan fingerprint density at radius 1 is 1.21 bits per heavy atom. The predicted octanol–water partition coefficient (Wildman–Crippen LogP) is 3.19. The van der Waals surface area contributed by atoms with Gasteiger partial charge in [-0.2, -0.15) is 10.2 Å². The maximum atomic E-state index is 12.3. The van der Waals surface area contributed by atoms with E-state index in [2.05, 4.69) is 20.9 Å². The molecule has 0 bridgehead atoms. The van der Waals surface area contributed by atoms with Crippen LogP contribution in [0.5, 0.6) is 5.75 Å². The Kier molecular flexibility index (Phi) is 7.36. The molecule has 1 heterocycles. The molecular weight excluding hydrogens is 440 g/mol. The highest BCUT2D eigenvalue weighted by atomic mass is 16.6. The van der Waals surface area contributed by atoms with Gasteiger partial charge in [-0.15, -0.1) is 0 Å². The lowest BCUT2D eigenvalue weighted by Crippen LogP contribution is -2.17. The van der Waals surface area contributed by atoms with Gasteiger partial charge in [0.25, 0.3) is 5.91 Å². The number of carbonyl (C=O) groups is 2. The van der Waals surface area contributed by atoms with Crippen LogP contribution in [0.4, 0.5) is 11.4 Å². The number of aromatic nitrogens is 2. The van der Waals surface area contributed by atoms with Gasteiger partial charge in [0.15, 0.2) is 0 Å². The number of hydrogen-bond acceptors (Lipinski definition) is 7. The number of rotatable bonds is 8. The van der Waals surface area contributed by atoms with E-state index in [1.807, 2.05) is 0 Å². The molecular formula is C23H24N6O5. The van der Waals surface area contributed by atoms with Crippen LogP contribution in [-0.4, -0.2) is 39.8 Å². The predicted molar refractivity (Wildman–Crippen MR) is 126 cm³/mol. The number of carbonyl (C=O) groups excluding carboxylic acids is 2. The van der Waals surface area contributed by atoms with Gasteiger partial charge in [0.2, 0.25) is 5.91 Å². The summed E-state index contributed by atoms with van der Waals surface area (Å²) in [6.07, 6.45) is 1.48. The number of hydrazone groups is 1. The van der Waals surface area contributed by atoms with Crippen molar-refractivity contribution >= 4 is 29.4 Å². The molecule has 0 aliphatic rings. The van der Waals surface area contributed by atoms with E-state index >= 15 is 0 Å². The lowest BCUT2D eigenvalue weighted by molar-refractivity contribution is -0.386. The molecule has 1 aromatic heterocycles. The molecule has 0 fully saturated rings. The summed E-state index contributed by atoms with van der Waals surface area (Å²) in [5.41, 5.74) is 5.63. The second kappa shape index (κ2) is 10.4. The average molecular weight is 464 g/mol. The van der Waals surface area contributed by atoms with E-state index in [1.165, 1.54) is 20.2 Å². The summed E-state index contributed by atoms with van der Waals surface area (Å²) in [5, 5.41) is 22.2. The van der Waals surface area contributed by atoms with Gasteiger partial charge in [-0.1, -0.05) is 0 Å². The van der Waals surface area contributed by atoms with Crippen LogP contribution in [-0.2, 0) is 11.3 Å². The highest BCUT2D eigenvalue weighted by molar-refractivity contribution is 5.96. The third-order valence-electron chi connectivity index (χ3n) is 5.00. The molecule has 34 heavy (non-hydrogen) atoms. The van der Waals surface area contributed by atoms with Gasteiger partial charge in [0, 0.05) is 23.7 Å².